The van der Waals surface area contributed by atoms with Gasteiger partial charge < -0.3 is 24.8 Å². The summed E-state index contributed by atoms with van der Waals surface area (Å²) in [6.45, 7) is 7.61. The zero-order chi connectivity index (χ0) is 26.3. The summed E-state index contributed by atoms with van der Waals surface area (Å²) in [7, 11) is 1.57. The number of anilines is 1. The first-order chi connectivity index (χ1) is 17.1. The molecule has 1 aromatic carbocycles. The molecule has 3 amide bonds. The van der Waals surface area contributed by atoms with Crippen LogP contribution in [0.3, 0.4) is 0 Å². The zero-order valence-corrected chi connectivity index (χ0v) is 22.0. The van der Waals surface area contributed by atoms with Gasteiger partial charge in [0.25, 0.3) is 0 Å². The van der Waals surface area contributed by atoms with Crippen molar-refractivity contribution in [1.82, 2.24) is 15.4 Å². The molecule has 0 aliphatic rings. The van der Waals surface area contributed by atoms with Gasteiger partial charge in [0, 0.05) is 29.3 Å². The summed E-state index contributed by atoms with van der Waals surface area (Å²) in [6.07, 6.45) is -0.147. The number of hydrogen-bond acceptors (Lipinski definition) is 7. The van der Waals surface area contributed by atoms with Crippen molar-refractivity contribution in [2.45, 2.75) is 58.7 Å². The molecule has 0 saturated heterocycles. The quantitative estimate of drug-likeness (QED) is 0.415. The Kier molecular flexibility index (Phi) is 8.87. The number of nitrogens with zero attached hydrogens (tertiary/aromatic N) is 2. The topological polar surface area (TPSA) is 114 Å². The number of aromatic nitrogens is 1. The molecule has 2 aromatic heterocycles. The molecule has 0 radical (unpaired) electrons. The first kappa shape index (κ1) is 26.9. The van der Waals surface area contributed by atoms with Crippen molar-refractivity contribution in [3.8, 4) is 5.75 Å². The number of methoxy groups -OCH3 is 1. The van der Waals surface area contributed by atoms with Crippen molar-refractivity contribution in [2.24, 2.45) is 0 Å². The molecule has 0 unspecified atom stereocenters. The summed E-state index contributed by atoms with van der Waals surface area (Å²) in [5.41, 5.74) is 0.139. The second-order valence-electron chi connectivity index (χ2n) is 9.39. The Morgan fingerprint density at radius 3 is 2.42 bits per heavy atom. The third kappa shape index (κ3) is 7.67. The molecule has 0 fully saturated rings. The van der Waals surface area contributed by atoms with Crippen molar-refractivity contribution in [1.29, 1.82) is 0 Å². The van der Waals surface area contributed by atoms with Crippen molar-refractivity contribution < 1.29 is 23.6 Å². The third-order valence-electron chi connectivity index (χ3n) is 5.18. The Morgan fingerprint density at radius 1 is 1.14 bits per heavy atom. The maximum absolute atomic E-state index is 13.6. The number of carbonyl (C=O) groups is 3. The van der Waals surface area contributed by atoms with Crippen LogP contribution in [-0.4, -0.2) is 40.4 Å². The lowest BCUT2D eigenvalue weighted by Gasteiger charge is -2.33. The first-order valence-corrected chi connectivity index (χ1v) is 12.4. The van der Waals surface area contributed by atoms with Gasteiger partial charge in [0.1, 0.15) is 17.6 Å². The van der Waals surface area contributed by atoms with Crippen LogP contribution in [0.25, 0.3) is 0 Å². The molecule has 10 heteroatoms. The molecule has 3 rings (SSSR count). The van der Waals surface area contributed by atoms with Crippen LogP contribution in [-0.2, 0) is 20.9 Å². The summed E-state index contributed by atoms with van der Waals surface area (Å²) in [5, 5.41) is 11.3. The Hall–Kier alpha value is -3.66. The highest BCUT2D eigenvalue weighted by Crippen LogP contribution is 2.28. The van der Waals surface area contributed by atoms with Crippen LogP contribution in [0.2, 0.25) is 0 Å². The van der Waals surface area contributed by atoms with E-state index in [1.165, 1.54) is 16.2 Å². The minimum absolute atomic E-state index is 0.0676. The van der Waals surface area contributed by atoms with Gasteiger partial charge in [-0.25, -0.2) is 0 Å². The number of hydrogen-bond donors (Lipinski definition) is 2. The van der Waals surface area contributed by atoms with E-state index in [1.54, 1.807) is 44.4 Å². The van der Waals surface area contributed by atoms with Crippen LogP contribution in [0.4, 0.5) is 5.82 Å². The van der Waals surface area contributed by atoms with Crippen LogP contribution in [0, 0.1) is 6.92 Å². The van der Waals surface area contributed by atoms with Gasteiger partial charge in [-0.3, -0.25) is 14.4 Å². The highest BCUT2D eigenvalue weighted by molar-refractivity contribution is 7.09. The van der Waals surface area contributed by atoms with E-state index < -0.39 is 11.6 Å². The van der Waals surface area contributed by atoms with Crippen LogP contribution in [0.15, 0.2) is 52.4 Å². The normalized spacial score (nSPS) is 12.0. The number of aryl methyl sites for hydroxylation is 1. The molecule has 36 heavy (non-hydrogen) atoms. The molecular formula is C26H32N4O5S. The summed E-state index contributed by atoms with van der Waals surface area (Å²) in [6, 6.07) is 11.6. The van der Waals surface area contributed by atoms with Crippen molar-refractivity contribution in [3.05, 3.63) is 64.0 Å². The summed E-state index contributed by atoms with van der Waals surface area (Å²) in [4.78, 5) is 42.0. The van der Waals surface area contributed by atoms with Crippen LogP contribution in [0.1, 0.15) is 55.9 Å². The number of nitrogens with one attached hydrogen (secondary N) is 2. The Morgan fingerprint density at radius 2 is 1.86 bits per heavy atom. The minimum Gasteiger partial charge on any atom is -0.497 e. The highest BCUT2D eigenvalue weighted by atomic mass is 32.1. The molecule has 0 spiro atoms. The molecule has 1 atom stereocenters. The Labute approximate surface area is 214 Å². The fourth-order valence-electron chi connectivity index (χ4n) is 3.59. The number of rotatable bonds is 10. The number of carbonyl (C=O) groups excluding carboxylic acids is 3. The molecule has 0 aliphatic heterocycles. The van der Waals surface area contributed by atoms with Crippen LogP contribution >= 0.6 is 11.3 Å². The van der Waals surface area contributed by atoms with Crippen molar-refractivity contribution >= 4 is 34.9 Å². The van der Waals surface area contributed by atoms with E-state index in [0.717, 1.165) is 4.88 Å². The standard InChI is InChI=1S/C26H32N4O5S/c1-17-15-21(29-35-17)27-22(31)12-13-23(32)30(16-20-7-6-14-36-20)24(25(33)28-26(2,3)4)18-8-10-19(34-5)11-9-18/h6-11,14-15,24H,12-13,16H2,1-5H3,(H,28,33)(H,27,29,31)/t24-/m1/s1. The van der Waals surface area contributed by atoms with Gasteiger partial charge in [-0.2, -0.15) is 0 Å². The molecule has 2 N–H and O–H groups in total. The molecular weight excluding hydrogens is 480 g/mol. The number of benzene rings is 1. The lowest BCUT2D eigenvalue weighted by Crippen LogP contribution is -2.49. The number of ether oxygens (including phenoxy) is 1. The maximum atomic E-state index is 13.6. The fraction of sp³-hybridized carbons (Fsp3) is 0.385. The van der Waals surface area contributed by atoms with E-state index in [4.69, 9.17) is 9.26 Å². The van der Waals surface area contributed by atoms with E-state index in [2.05, 4.69) is 15.8 Å². The third-order valence-corrected chi connectivity index (χ3v) is 6.04. The van der Waals surface area contributed by atoms with E-state index in [1.807, 2.05) is 38.3 Å². The van der Waals surface area contributed by atoms with E-state index in [-0.39, 0.29) is 37.1 Å². The number of amides is 3. The van der Waals surface area contributed by atoms with Crippen LogP contribution < -0.4 is 15.4 Å². The van der Waals surface area contributed by atoms with Crippen molar-refractivity contribution in [3.63, 3.8) is 0 Å². The Bertz CT molecular complexity index is 1170. The lowest BCUT2D eigenvalue weighted by atomic mass is 10.0. The van der Waals surface area contributed by atoms with Gasteiger partial charge in [-0.1, -0.05) is 23.4 Å². The molecule has 9 nitrogen and oxygen atoms in total. The molecule has 0 bridgehead atoms. The zero-order valence-electron chi connectivity index (χ0n) is 21.2. The second kappa shape index (κ2) is 11.9. The predicted octanol–water partition coefficient (Wildman–Crippen LogP) is 4.46. The van der Waals surface area contributed by atoms with Gasteiger partial charge >= 0.3 is 0 Å². The monoisotopic (exact) mass is 512 g/mol. The SMILES string of the molecule is COc1ccc([C@H](C(=O)NC(C)(C)C)N(Cc2cccs2)C(=O)CCC(=O)Nc2cc(C)on2)cc1. The van der Waals surface area contributed by atoms with E-state index in [0.29, 0.717) is 22.9 Å². The maximum Gasteiger partial charge on any atom is 0.247 e. The van der Waals surface area contributed by atoms with Crippen molar-refractivity contribution in [2.75, 3.05) is 12.4 Å². The summed E-state index contributed by atoms with van der Waals surface area (Å²) < 4.78 is 10.2. The minimum atomic E-state index is -0.897. The van der Waals surface area contributed by atoms with Gasteiger partial charge in [0.15, 0.2) is 5.82 Å². The largest absolute Gasteiger partial charge is 0.497 e. The van der Waals surface area contributed by atoms with Gasteiger partial charge in [-0.05, 0) is 56.8 Å². The lowest BCUT2D eigenvalue weighted by molar-refractivity contribution is -0.142. The van der Waals surface area contributed by atoms with Gasteiger partial charge in [0.2, 0.25) is 17.7 Å². The first-order valence-electron chi connectivity index (χ1n) is 11.6. The fourth-order valence-corrected chi connectivity index (χ4v) is 4.29. The average Bonchev–Trinajstić information content (AvgIpc) is 3.48. The summed E-state index contributed by atoms with van der Waals surface area (Å²) in [5.74, 6) is 0.508. The van der Waals surface area contributed by atoms with Gasteiger partial charge in [-0.15, -0.1) is 11.3 Å². The predicted molar refractivity (Wildman–Crippen MR) is 138 cm³/mol. The Balaban J connectivity index is 1.87. The molecule has 0 saturated carbocycles. The smallest absolute Gasteiger partial charge is 0.247 e. The molecule has 192 valence electrons. The number of thiophene rings is 1. The highest BCUT2D eigenvalue weighted by Gasteiger charge is 2.33. The van der Waals surface area contributed by atoms with Gasteiger partial charge in [0.05, 0.1) is 13.7 Å². The van der Waals surface area contributed by atoms with E-state index >= 15 is 0 Å². The van der Waals surface area contributed by atoms with Crippen LogP contribution in [0.5, 0.6) is 5.75 Å². The molecule has 3 aromatic rings. The molecule has 0 aliphatic carbocycles. The molecule has 2 heterocycles. The van der Waals surface area contributed by atoms with E-state index in [9.17, 15) is 14.4 Å². The summed E-state index contributed by atoms with van der Waals surface area (Å²) >= 11 is 1.50. The average molecular weight is 513 g/mol. The second-order valence-corrected chi connectivity index (χ2v) is 10.4.